The molecule has 1 aromatic carbocycles. The molecule has 1 fully saturated rings. The SMILES string of the molecule is OCc1ccc(C2(O)CCCCC2)c(F)c1. The minimum atomic E-state index is -1.00. The second-order valence-corrected chi connectivity index (χ2v) is 4.56. The third kappa shape index (κ3) is 2.11. The van der Waals surface area contributed by atoms with Crippen LogP contribution in [-0.4, -0.2) is 10.2 Å². The van der Waals surface area contributed by atoms with Crippen molar-refractivity contribution in [2.24, 2.45) is 0 Å². The van der Waals surface area contributed by atoms with E-state index in [-0.39, 0.29) is 6.61 Å². The van der Waals surface area contributed by atoms with Crippen LogP contribution in [0.2, 0.25) is 0 Å². The van der Waals surface area contributed by atoms with Crippen LogP contribution < -0.4 is 0 Å². The fourth-order valence-corrected chi connectivity index (χ4v) is 2.44. The van der Waals surface area contributed by atoms with E-state index in [0.29, 0.717) is 24.0 Å². The van der Waals surface area contributed by atoms with E-state index in [4.69, 9.17) is 5.11 Å². The van der Waals surface area contributed by atoms with Gasteiger partial charge in [0.2, 0.25) is 0 Å². The molecule has 2 nitrogen and oxygen atoms in total. The Balaban J connectivity index is 2.32. The first-order valence-corrected chi connectivity index (χ1v) is 5.78. The van der Waals surface area contributed by atoms with Crippen LogP contribution in [-0.2, 0) is 12.2 Å². The molecule has 0 radical (unpaired) electrons. The zero-order valence-electron chi connectivity index (χ0n) is 9.25. The molecular formula is C13H17FO2. The maximum atomic E-state index is 13.8. The van der Waals surface area contributed by atoms with Crippen LogP contribution in [0.25, 0.3) is 0 Å². The lowest BCUT2D eigenvalue weighted by molar-refractivity contribution is -0.00378. The van der Waals surface area contributed by atoms with Gasteiger partial charge in [0.25, 0.3) is 0 Å². The maximum Gasteiger partial charge on any atom is 0.129 e. The fraction of sp³-hybridized carbons (Fsp3) is 0.538. The molecule has 0 saturated heterocycles. The first-order chi connectivity index (χ1) is 7.65. The Labute approximate surface area is 94.7 Å². The Kier molecular flexibility index (Phi) is 3.26. The minimum absolute atomic E-state index is 0.171. The summed E-state index contributed by atoms with van der Waals surface area (Å²) in [5, 5.41) is 19.3. The second kappa shape index (κ2) is 4.52. The van der Waals surface area contributed by atoms with E-state index < -0.39 is 11.4 Å². The van der Waals surface area contributed by atoms with E-state index in [2.05, 4.69) is 0 Å². The molecule has 2 N–H and O–H groups in total. The molecule has 0 atom stereocenters. The standard InChI is InChI=1S/C13H17FO2/c14-12-8-10(9-15)4-5-11(12)13(16)6-2-1-3-7-13/h4-5,8,15-16H,1-3,6-7,9H2. The normalized spacial score (nSPS) is 19.7. The molecule has 3 heteroatoms. The summed E-state index contributed by atoms with van der Waals surface area (Å²) in [5.41, 5.74) is -0.0823. The van der Waals surface area contributed by atoms with Crippen LogP contribution in [0.5, 0.6) is 0 Å². The van der Waals surface area contributed by atoms with Crippen LogP contribution in [0, 0.1) is 5.82 Å². The lowest BCUT2D eigenvalue weighted by Gasteiger charge is -2.32. The third-order valence-electron chi connectivity index (χ3n) is 3.40. The zero-order chi connectivity index (χ0) is 11.6. The summed E-state index contributed by atoms with van der Waals surface area (Å²) in [7, 11) is 0. The van der Waals surface area contributed by atoms with Crippen molar-refractivity contribution in [2.75, 3.05) is 0 Å². The Morgan fingerprint density at radius 3 is 2.44 bits per heavy atom. The molecule has 1 saturated carbocycles. The predicted octanol–water partition coefficient (Wildman–Crippen LogP) is 2.47. The van der Waals surface area contributed by atoms with Gasteiger partial charge in [0.05, 0.1) is 12.2 Å². The van der Waals surface area contributed by atoms with Crippen LogP contribution >= 0.6 is 0 Å². The lowest BCUT2D eigenvalue weighted by atomic mass is 9.79. The van der Waals surface area contributed by atoms with Crippen LogP contribution in [0.15, 0.2) is 18.2 Å². The Morgan fingerprint density at radius 2 is 1.88 bits per heavy atom. The van der Waals surface area contributed by atoms with E-state index >= 15 is 0 Å². The molecular weight excluding hydrogens is 207 g/mol. The molecule has 0 bridgehead atoms. The summed E-state index contributed by atoms with van der Waals surface area (Å²) < 4.78 is 13.8. The van der Waals surface area contributed by atoms with E-state index in [9.17, 15) is 9.50 Å². The minimum Gasteiger partial charge on any atom is -0.392 e. The smallest absolute Gasteiger partial charge is 0.129 e. The summed E-state index contributed by atoms with van der Waals surface area (Å²) in [5.74, 6) is -0.407. The molecule has 1 aromatic rings. The number of benzene rings is 1. The third-order valence-corrected chi connectivity index (χ3v) is 3.40. The number of hydrogen-bond acceptors (Lipinski definition) is 2. The van der Waals surface area contributed by atoms with Gasteiger partial charge in [-0.15, -0.1) is 0 Å². The summed E-state index contributed by atoms with van der Waals surface area (Å²) in [6.07, 6.45) is 4.25. The number of aliphatic hydroxyl groups excluding tert-OH is 1. The van der Waals surface area contributed by atoms with Crippen molar-refractivity contribution < 1.29 is 14.6 Å². The monoisotopic (exact) mass is 224 g/mol. The van der Waals surface area contributed by atoms with Gasteiger partial charge in [-0.3, -0.25) is 0 Å². The second-order valence-electron chi connectivity index (χ2n) is 4.56. The van der Waals surface area contributed by atoms with Gasteiger partial charge in [-0.25, -0.2) is 4.39 Å². The average molecular weight is 224 g/mol. The van der Waals surface area contributed by atoms with Crippen molar-refractivity contribution >= 4 is 0 Å². The molecule has 2 rings (SSSR count). The first-order valence-electron chi connectivity index (χ1n) is 5.78. The predicted molar refractivity (Wildman–Crippen MR) is 59.3 cm³/mol. The fourth-order valence-electron chi connectivity index (χ4n) is 2.44. The lowest BCUT2D eigenvalue weighted by Crippen LogP contribution is -2.29. The van der Waals surface area contributed by atoms with Crippen molar-refractivity contribution in [3.05, 3.63) is 35.1 Å². The molecule has 0 spiro atoms. The highest BCUT2D eigenvalue weighted by Gasteiger charge is 2.33. The number of halogens is 1. The molecule has 1 aliphatic carbocycles. The topological polar surface area (TPSA) is 40.5 Å². The van der Waals surface area contributed by atoms with Gasteiger partial charge in [0, 0.05) is 5.56 Å². The summed E-state index contributed by atoms with van der Waals surface area (Å²) >= 11 is 0. The van der Waals surface area contributed by atoms with E-state index in [1.807, 2.05) is 0 Å². The molecule has 1 aliphatic rings. The quantitative estimate of drug-likeness (QED) is 0.810. The number of aliphatic hydroxyl groups is 2. The largest absolute Gasteiger partial charge is 0.392 e. The van der Waals surface area contributed by atoms with Gasteiger partial charge in [-0.1, -0.05) is 31.4 Å². The first kappa shape index (κ1) is 11.6. The highest BCUT2D eigenvalue weighted by molar-refractivity contribution is 5.29. The van der Waals surface area contributed by atoms with E-state index in [1.165, 1.54) is 6.07 Å². The number of hydrogen-bond donors (Lipinski definition) is 2. The van der Waals surface area contributed by atoms with Crippen molar-refractivity contribution in [3.63, 3.8) is 0 Å². The molecule has 0 amide bonds. The maximum absolute atomic E-state index is 13.8. The summed E-state index contributed by atoms with van der Waals surface area (Å²) in [6.45, 7) is -0.171. The van der Waals surface area contributed by atoms with E-state index in [1.54, 1.807) is 12.1 Å². The molecule has 0 heterocycles. The van der Waals surface area contributed by atoms with Crippen molar-refractivity contribution in [1.82, 2.24) is 0 Å². The molecule has 0 unspecified atom stereocenters. The van der Waals surface area contributed by atoms with Crippen molar-refractivity contribution in [2.45, 2.75) is 44.3 Å². The van der Waals surface area contributed by atoms with E-state index in [0.717, 1.165) is 19.3 Å². The van der Waals surface area contributed by atoms with Gasteiger partial charge >= 0.3 is 0 Å². The van der Waals surface area contributed by atoms with Crippen molar-refractivity contribution in [3.8, 4) is 0 Å². The van der Waals surface area contributed by atoms with Crippen LogP contribution in [0.1, 0.15) is 43.2 Å². The van der Waals surface area contributed by atoms with Crippen LogP contribution in [0.3, 0.4) is 0 Å². The zero-order valence-corrected chi connectivity index (χ0v) is 9.25. The summed E-state index contributed by atoms with van der Waals surface area (Å²) in [6, 6.07) is 4.58. The van der Waals surface area contributed by atoms with Crippen LogP contribution in [0.4, 0.5) is 4.39 Å². The Hall–Kier alpha value is -0.930. The highest BCUT2D eigenvalue weighted by atomic mass is 19.1. The van der Waals surface area contributed by atoms with Gasteiger partial charge in [0.15, 0.2) is 0 Å². The average Bonchev–Trinajstić information content (AvgIpc) is 2.29. The molecule has 0 aromatic heterocycles. The van der Waals surface area contributed by atoms with Gasteiger partial charge in [0.1, 0.15) is 5.82 Å². The summed E-state index contributed by atoms with van der Waals surface area (Å²) in [4.78, 5) is 0. The van der Waals surface area contributed by atoms with Gasteiger partial charge in [-0.05, 0) is 24.5 Å². The molecule has 0 aliphatic heterocycles. The van der Waals surface area contributed by atoms with Gasteiger partial charge < -0.3 is 10.2 Å². The van der Waals surface area contributed by atoms with Gasteiger partial charge in [-0.2, -0.15) is 0 Å². The molecule has 16 heavy (non-hydrogen) atoms. The molecule has 88 valence electrons. The highest BCUT2D eigenvalue weighted by Crippen LogP contribution is 2.38. The van der Waals surface area contributed by atoms with Crippen molar-refractivity contribution in [1.29, 1.82) is 0 Å². The Bertz CT molecular complexity index is 370. The Morgan fingerprint density at radius 1 is 1.19 bits per heavy atom. The number of rotatable bonds is 2.